The molecule has 0 aliphatic carbocycles. The third kappa shape index (κ3) is 5.57. The first kappa shape index (κ1) is 21.3. The van der Waals surface area contributed by atoms with E-state index in [1.165, 1.54) is 5.56 Å². The van der Waals surface area contributed by atoms with Gasteiger partial charge in [-0.15, -0.1) is 0 Å². The summed E-state index contributed by atoms with van der Waals surface area (Å²) >= 11 is 0. The van der Waals surface area contributed by atoms with Crippen molar-refractivity contribution >= 4 is 17.5 Å². The van der Waals surface area contributed by atoms with Crippen LogP contribution >= 0.6 is 0 Å². The molecule has 0 aliphatic rings. The fourth-order valence-corrected chi connectivity index (χ4v) is 3.27. The molecule has 2 amide bonds. The van der Waals surface area contributed by atoms with E-state index in [1.54, 1.807) is 18.2 Å². The number of aryl methyl sites for hydroxylation is 2. The van der Waals surface area contributed by atoms with Crippen molar-refractivity contribution in [2.24, 2.45) is 0 Å². The van der Waals surface area contributed by atoms with E-state index < -0.39 is 0 Å². The molecule has 0 saturated carbocycles. The van der Waals surface area contributed by atoms with Gasteiger partial charge in [0.05, 0.1) is 11.3 Å². The standard InChI is InChI=1S/C26H28N2O2/c1-3-19(2)27-26(30)23-15-9-10-16-24(23)28-25(29)22-14-8-7-13-21(22)18-17-20-11-5-4-6-12-20/h4-16,19H,3,17-18H2,1-2H3,(H,27,30)(H,28,29)/t19-/m1/s1. The molecule has 154 valence electrons. The van der Waals surface area contributed by atoms with Crippen molar-refractivity contribution in [3.8, 4) is 0 Å². The molecular weight excluding hydrogens is 372 g/mol. The molecule has 0 saturated heterocycles. The highest BCUT2D eigenvalue weighted by atomic mass is 16.2. The van der Waals surface area contributed by atoms with Crippen LogP contribution < -0.4 is 10.6 Å². The Balaban J connectivity index is 1.76. The second-order valence-corrected chi connectivity index (χ2v) is 7.43. The van der Waals surface area contributed by atoms with Crippen LogP contribution in [0.5, 0.6) is 0 Å². The highest BCUT2D eigenvalue weighted by Gasteiger charge is 2.17. The summed E-state index contributed by atoms with van der Waals surface area (Å²) in [4.78, 5) is 25.7. The number of carbonyl (C=O) groups excluding carboxylic acids is 2. The molecule has 0 spiro atoms. The van der Waals surface area contributed by atoms with Crippen molar-refractivity contribution in [3.63, 3.8) is 0 Å². The van der Waals surface area contributed by atoms with Gasteiger partial charge in [-0.25, -0.2) is 0 Å². The molecule has 0 fully saturated rings. The van der Waals surface area contributed by atoms with Gasteiger partial charge in [0, 0.05) is 11.6 Å². The summed E-state index contributed by atoms with van der Waals surface area (Å²) in [6.07, 6.45) is 2.47. The number of anilines is 1. The van der Waals surface area contributed by atoms with Crippen LogP contribution in [0.1, 0.15) is 52.1 Å². The lowest BCUT2D eigenvalue weighted by Crippen LogP contribution is -2.32. The lowest BCUT2D eigenvalue weighted by atomic mass is 9.99. The Bertz CT molecular complexity index is 999. The monoisotopic (exact) mass is 400 g/mol. The topological polar surface area (TPSA) is 58.2 Å². The molecule has 3 aromatic rings. The zero-order valence-electron chi connectivity index (χ0n) is 17.5. The first-order valence-corrected chi connectivity index (χ1v) is 10.4. The van der Waals surface area contributed by atoms with Crippen molar-refractivity contribution < 1.29 is 9.59 Å². The van der Waals surface area contributed by atoms with E-state index in [2.05, 4.69) is 22.8 Å². The van der Waals surface area contributed by atoms with Gasteiger partial charge in [0.2, 0.25) is 0 Å². The van der Waals surface area contributed by atoms with Crippen LogP contribution in [0.25, 0.3) is 0 Å². The number of hydrogen-bond acceptors (Lipinski definition) is 2. The van der Waals surface area contributed by atoms with Crippen LogP contribution in [0, 0.1) is 0 Å². The van der Waals surface area contributed by atoms with Gasteiger partial charge >= 0.3 is 0 Å². The van der Waals surface area contributed by atoms with Crippen molar-refractivity contribution in [1.29, 1.82) is 0 Å². The number of benzene rings is 3. The minimum absolute atomic E-state index is 0.0694. The van der Waals surface area contributed by atoms with Crippen molar-refractivity contribution in [2.45, 2.75) is 39.2 Å². The summed E-state index contributed by atoms with van der Waals surface area (Å²) in [6.45, 7) is 3.98. The summed E-state index contributed by atoms with van der Waals surface area (Å²) in [5.41, 5.74) is 3.83. The molecule has 4 nitrogen and oxygen atoms in total. The maximum atomic E-state index is 13.1. The van der Waals surface area contributed by atoms with E-state index in [9.17, 15) is 9.59 Å². The number of carbonyl (C=O) groups is 2. The first-order valence-electron chi connectivity index (χ1n) is 10.4. The van der Waals surface area contributed by atoms with Crippen molar-refractivity contribution in [2.75, 3.05) is 5.32 Å². The van der Waals surface area contributed by atoms with Gasteiger partial charge in [-0.05, 0) is 55.5 Å². The minimum atomic E-state index is -0.206. The largest absolute Gasteiger partial charge is 0.350 e. The molecule has 0 aromatic heterocycles. The second kappa shape index (κ2) is 10.4. The summed E-state index contributed by atoms with van der Waals surface area (Å²) in [5.74, 6) is -0.389. The third-order valence-corrected chi connectivity index (χ3v) is 5.20. The molecule has 3 aromatic carbocycles. The van der Waals surface area contributed by atoms with E-state index in [0.717, 1.165) is 24.8 Å². The Hall–Kier alpha value is -3.40. The highest BCUT2D eigenvalue weighted by Crippen LogP contribution is 2.19. The van der Waals surface area contributed by atoms with Gasteiger partial charge in [-0.3, -0.25) is 9.59 Å². The Kier molecular flexibility index (Phi) is 7.39. The zero-order valence-corrected chi connectivity index (χ0v) is 17.5. The third-order valence-electron chi connectivity index (χ3n) is 5.20. The molecule has 0 bridgehead atoms. The number of rotatable bonds is 8. The molecule has 0 heterocycles. The highest BCUT2D eigenvalue weighted by molar-refractivity contribution is 6.09. The Labute approximate surface area is 178 Å². The lowest BCUT2D eigenvalue weighted by molar-refractivity contribution is 0.0940. The Morgan fingerprint density at radius 2 is 1.40 bits per heavy atom. The molecule has 3 rings (SSSR count). The summed E-state index contributed by atoms with van der Waals surface area (Å²) in [6, 6.07) is 25.0. The number of amides is 2. The Morgan fingerprint density at radius 3 is 2.13 bits per heavy atom. The molecular formula is C26H28N2O2. The maximum Gasteiger partial charge on any atom is 0.255 e. The number of para-hydroxylation sites is 1. The number of nitrogens with one attached hydrogen (secondary N) is 2. The van der Waals surface area contributed by atoms with E-state index in [4.69, 9.17) is 0 Å². The zero-order chi connectivity index (χ0) is 21.3. The van der Waals surface area contributed by atoms with Crippen LogP contribution in [-0.4, -0.2) is 17.9 Å². The molecule has 0 unspecified atom stereocenters. The van der Waals surface area contributed by atoms with Gasteiger partial charge in [-0.2, -0.15) is 0 Å². The van der Waals surface area contributed by atoms with E-state index in [-0.39, 0.29) is 17.9 Å². The summed E-state index contributed by atoms with van der Waals surface area (Å²) < 4.78 is 0. The van der Waals surface area contributed by atoms with Gasteiger partial charge < -0.3 is 10.6 Å². The minimum Gasteiger partial charge on any atom is -0.350 e. The predicted octanol–water partition coefficient (Wildman–Crippen LogP) is 5.25. The summed E-state index contributed by atoms with van der Waals surface area (Å²) in [7, 11) is 0. The van der Waals surface area contributed by atoms with Gasteiger partial charge in [0.25, 0.3) is 11.8 Å². The van der Waals surface area contributed by atoms with Crippen LogP contribution in [0.2, 0.25) is 0 Å². The molecule has 30 heavy (non-hydrogen) atoms. The van der Waals surface area contributed by atoms with Crippen molar-refractivity contribution in [3.05, 3.63) is 101 Å². The van der Waals surface area contributed by atoms with Crippen molar-refractivity contribution in [1.82, 2.24) is 5.32 Å². The maximum absolute atomic E-state index is 13.1. The average Bonchev–Trinajstić information content (AvgIpc) is 2.78. The number of hydrogen-bond donors (Lipinski definition) is 2. The molecule has 0 radical (unpaired) electrons. The Morgan fingerprint density at radius 1 is 0.767 bits per heavy atom. The predicted molar refractivity (Wildman–Crippen MR) is 122 cm³/mol. The SMILES string of the molecule is CC[C@@H](C)NC(=O)c1ccccc1NC(=O)c1ccccc1CCc1ccccc1. The van der Waals surface area contributed by atoms with Gasteiger partial charge in [0.15, 0.2) is 0 Å². The van der Waals surface area contributed by atoms with Crippen LogP contribution in [0.3, 0.4) is 0 Å². The summed E-state index contributed by atoms with van der Waals surface area (Å²) in [5, 5.41) is 5.90. The van der Waals surface area contributed by atoms with Gasteiger partial charge in [0.1, 0.15) is 0 Å². The van der Waals surface area contributed by atoms with Gasteiger partial charge in [-0.1, -0.05) is 67.6 Å². The molecule has 2 N–H and O–H groups in total. The smallest absolute Gasteiger partial charge is 0.255 e. The van der Waals surface area contributed by atoms with Crippen LogP contribution in [-0.2, 0) is 12.8 Å². The second-order valence-electron chi connectivity index (χ2n) is 7.43. The van der Waals surface area contributed by atoms with Crippen LogP contribution in [0.4, 0.5) is 5.69 Å². The fraction of sp³-hybridized carbons (Fsp3) is 0.231. The molecule has 4 heteroatoms. The van der Waals surface area contributed by atoms with E-state index >= 15 is 0 Å². The van der Waals surface area contributed by atoms with E-state index in [0.29, 0.717) is 16.8 Å². The van der Waals surface area contributed by atoms with E-state index in [1.807, 2.05) is 62.4 Å². The molecule has 0 aliphatic heterocycles. The lowest BCUT2D eigenvalue weighted by Gasteiger charge is -2.15. The average molecular weight is 401 g/mol. The normalized spacial score (nSPS) is 11.5. The van der Waals surface area contributed by atoms with Crippen LogP contribution in [0.15, 0.2) is 78.9 Å². The molecule has 1 atom stereocenters. The first-order chi connectivity index (χ1) is 14.6. The quantitative estimate of drug-likeness (QED) is 0.542. The fourth-order valence-electron chi connectivity index (χ4n) is 3.27.